The number of benzene rings is 2. The van der Waals surface area contributed by atoms with Gasteiger partial charge in [-0.25, -0.2) is 9.69 Å². The van der Waals surface area contributed by atoms with E-state index >= 15 is 0 Å². The van der Waals surface area contributed by atoms with Crippen LogP contribution in [-0.4, -0.2) is 33.6 Å². The molecule has 0 aliphatic carbocycles. The molecule has 0 N–H and O–H groups in total. The molecule has 1 amide bonds. The topological polar surface area (TPSA) is 69.5 Å². The summed E-state index contributed by atoms with van der Waals surface area (Å²) in [7, 11) is 1.62. The first-order chi connectivity index (χ1) is 13.6. The SMILES string of the molecule is COc1cccc(CN2C(=O)CSc3nnc(COc4cccc(Cl)c4)n32)c1. The van der Waals surface area contributed by atoms with Gasteiger partial charge in [0.2, 0.25) is 5.16 Å². The van der Waals surface area contributed by atoms with Crippen LogP contribution in [0.2, 0.25) is 5.02 Å². The highest BCUT2D eigenvalue weighted by atomic mass is 35.5. The molecular weight excluding hydrogens is 400 g/mol. The van der Waals surface area contributed by atoms with Crippen molar-refractivity contribution in [1.29, 1.82) is 0 Å². The fourth-order valence-electron chi connectivity index (χ4n) is 2.84. The number of thioether (sulfide) groups is 1. The molecule has 1 aromatic heterocycles. The number of amides is 1. The minimum atomic E-state index is -0.0240. The lowest BCUT2D eigenvalue weighted by Gasteiger charge is -2.29. The van der Waals surface area contributed by atoms with Crippen LogP contribution in [0, 0.1) is 0 Å². The zero-order valence-corrected chi connectivity index (χ0v) is 16.6. The van der Waals surface area contributed by atoms with Crippen LogP contribution < -0.4 is 14.5 Å². The van der Waals surface area contributed by atoms with Gasteiger partial charge in [-0.1, -0.05) is 41.6 Å². The highest BCUT2D eigenvalue weighted by Crippen LogP contribution is 2.26. The molecule has 3 aromatic rings. The van der Waals surface area contributed by atoms with Crippen LogP contribution in [0.3, 0.4) is 0 Å². The monoisotopic (exact) mass is 416 g/mol. The summed E-state index contributed by atoms with van der Waals surface area (Å²) >= 11 is 7.36. The van der Waals surface area contributed by atoms with Crippen molar-refractivity contribution in [2.24, 2.45) is 0 Å². The Labute approximate surface area is 171 Å². The molecule has 0 unspecified atom stereocenters. The molecule has 0 radical (unpaired) electrons. The summed E-state index contributed by atoms with van der Waals surface area (Å²) in [5, 5.41) is 11.3. The number of hydrogen-bond acceptors (Lipinski definition) is 6. The zero-order chi connectivity index (χ0) is 19.5. The van der Waals surface area contributed by atoms with Gasteiger partial charge in [0, 0.05) is 5.02 Å². The zero-order valence-electron chi connectivity index (χ0n) is 15.0. The van der Waals surface area contributed by atoms with Gasteiger partial charge >= 0.3 is 0 Å². The van der Waals surface area contributed by atoms with Crippen LogP contribution in [0.1, 0.15) is 11.4 Å². The lowest BCUT2D eigenvalue weighted by Crippen LogP contribution is -2.45. The van der Waals surface area contributed by atoms with E-state index < -0.39 is 0 Å². The van der Waals surface area contributed by atoms with Gasteiger partial charge in [-0.2, -0.15) is 0 Å². The van der Waals surface area contributed by atoms with Gasteiger partial charge in [0.05, 0.1) is 19.4 Å². The third-order valence-corrected chi connectivity index (χ3v) is 5.30. The van der Waals surface area contributed by atoms with Gasteiger partial charge in [-0.15, -0.1) is 10.2 Å². The van der Waals surface area contributed by atoms with Crippen molar-refractivity contribution >= 4 is 29.3 Å². The van der Waals surface area contributed by atoms with Gasteiger partial charge < -0.3 is 9.47 Å². The summed E-state index contributed by atoms with van der Waals surface area (Å²) < 4.78 is 12.8. The highest BCUT2D eigenvalue weighted by Gasteiger charge is 2.29. The first-order valence-corrected chi connectivity index (χ1v) is 9.89. The van der Waals surface area contributed by atoms with Crippen molar-refractivity contribution < 1.29 is 14.3 Å². The lowest BCUT2D eigenvalue weighted by molar-refractivity contribution is -0.118. The lowest BCUT2D eigenvalue weighted by atomic mass is 10.2. The van der Waals surface area contributed by atoms with E-state index in [0.717, 1.165) is 11.3 Å². The Kier molecular flexibility index (Phi) is 5.40. The van der Waals surface area contributed by atoms with Crippen molar-refractivity contribution in [1.82, 2.24) is 14.9 Å². The smallest absolute Gasteiger partial charge is 0.252 e. The van der Waals surface area contributed by atoms with Crippen molar-refractivity contribution in [2.45, 2.75) is 18.3 Å². The average Bonchev–Trinajstić information content (AvgIpc) is 3.12. The van der Waals surface area contributed by atoms with Crippen LogP contribution in [0.25, 0.3) is 0 Å². The minimum Gasteiger partial charge on any atom is -0.497 e. The van der Waals surface area contributed by atoms with Crippen molar-refractivity contribution in [3.63, 3.8) is 0 Å². The van der Waals surface area contributed by atoms with E-state index in [1.165, 1.54) is 11.8 Å². The summed E-state index contributed by atoms with van der Waals surface area (Å²) in [5.74, 6) is 2.20. The van der Waals surface area contributed by atoms with Crippen LogP contribution in [0.5, 0.6) is 11.5 Å². The van der Waals surface area contributed by atoms with Gasteiger partial charge in [-0.3, -0.25) is 4.79 Å². The Bertz CT molecular complexity index is 1010. The molecular formula is C19H17ClN4O3S. The van der Waals surface area contributed by atoms with Crippen molar-refractivity contribution in [3.05, 3.63) is 64.9 Å². The molecule has 2 aromatic carbocycles. The number of methoxy groups -OCH3 is 1. The maximum atomic E-state index is 12.6. The standard InChI is InChI=1S/C19H17ClN4O3S/c1-26-15-6-2-4-13(8-15)10-23-18(25)12-28-19-22-21-17(24(19)23)11-27-16-7-3-5-14(20)9-16/h2-9H,10-12H2,1H3. The summed E-state index contributed by atoms with van der Waals surface area (Å²) in [5.41, 5.74) is 0.945. The Balaban J connectivity index is 1.58. The van der Waals surface area contributed by atoms with Gasteiger partial charge in [0.15, 0.2) is 5.82 Å². The van der Waals surface area contributed by atoms with E-state index in [1.807, 2.05) is 36.4 Å². The molecule has 2 heterocycles. The molecule has 0 spiro atoms. The summed E-state index contributed by atoms with van der Waals surface area (Å²) in [6, 6.07) is 14.7. The fraction of sp³-hybridized carbons (Fsp3) is 0.211. The predicted octanol–water partition coefficient (Wildman–Crippen LogP) is 3.29. The first kappa shape index (κ1) is 18.6. The molecule has 0 fully saturated rings. The summed E-state index contributed by atoms with van der Waals surface area (Å²) in [4.78, 5) is 12.6. The van der Waals surface area contributed by atoms with Crippen molar-refractivity contribution in [2.75, 3.05) is 17.9 Å². The maximum Gasteiger partial charge on any atom is 0.252 e. The molecule has 7 nitrogen and oxygen atoms in total. The number of halogens is 1. The molecule has 1 aliphatic rings. The van der Waals surface area contributed by atoms with Gasteiger partial charge in [0.1, 0.15) is 18.1 Å². The molecule has 0 bridgehead atoms. The van der Waals surface area contributed by atoms with Crippen molar-refractivity contribution in [3.8, 4) is 11.5 Å². The van der Waals surface area contributed by atoms with Crippen LogP contribution in [-0.2, 0) is 17.9 Å². The second-order valence-corrected chi connectivity index (χ2v) is 7.43. The van der Waals surface area contributed by atoms with E-state index in [1.54, 1.807) is 28.9 Å². The van der Waals surface area contributed by atoms with E-state index in [9.17, 15) is 4.79 Å². The summed E-state index contributed by atoms with van der Waals surface area (Å²) in [6.45, 7) is 0.543. The van der Waals surface area contributed by atoms with Gasteiger partial charge in [0.25, 0.3) is 5.91 Å². The Morgan fingerprint density at radius 2 is 1.96 bits per heavy atom. The number of ether oxygens (including phenoxy) is 2. The number of carbonyl (C=O) groups is 1. The second-order valence-electron chi connectivity index (χ2n) is 6.05. The van der Waals surface area contributed by atoms with Crippen LogP contribution >= 0.6 is 23.4 Å². The number of rotatable bonds is 6. The second kappa shape index (κ2) is 8.12. The normalized spacial score (nSPS) is 13.4. The Hall–Kier alpha value is -2.71. The molecule has 0 saturated carbocycles. The number of carbonyl (C=O) groups excluding carboxylic acids is 1. The molecule has 1 aliphatic heterocycles. The van der Waals surface area contributed by atoms with Crippen LogP contribution in [0.4, 0.5) is 0 Å². The third kappa shape index (κ3) is 3.93. The molecule has 144 valence electrons. The average molecular weight is 417 g/mol. The first-order valence-electron chi connectivity index (χ1n) is 8.53. The minimum absolute atomic E-state index is 0.0240. The molecule has 9 heteroatoms. The van der Waals surface area contributed by atoms with E-state index in [-0.39, 0.29) is 12.5 Å². The predicted molar refractivity (Wildman–Crippen MR) is 106 cm³/mol. The highest BCUT2D eigenvalue weighted by molar-refractivity contribution is 7.99. The quantitative estimate of drug-likeness (QED) is 0.614. The van der Waals surface area contributed by atoms with Gasteiger partial charge in [-0.05, 0) is 35.9 Å². The number of hydrogen-bond donors (Lipinski definition) is 0. The largest absolute Gasteiger partial charge is 0.497 e. The van der Waals surface area contributed by atoms with E-state index in [4.69, 9.17) is 21.1 Å². The number of fused-ring (bicyclic) bond motifs is 1. The Morgan fingerprint density at radius 1 is 1.14 bits per heavy atom. The third-order valence-electron chi connectivity index (χ3n) is 4.16. The molecule has 0 atom stereocenters. The maximum absolute atomic E-state index is 12.6. The molecule has 28 heavy (non-hydrogen) atoms. The van der Waals surface area contributed by atoms with E-state index in [0.29, 0.717) is 34.1 Å². The number of aromatic nitrogens is 3. The fourth-order valence-corrected chi connectivity index (χ4v) is 3.84. The Morgan fingerprint density at radius 3 is 2.79 bits per heavy atom. The molecule has 4 rings (SSSR count). The number of nitrogens with zero attached hydrogens (tertiary/aromatic N) is 4. The summed E-state index contributed by atoms with van der Waals surface area (Å²) in [6.07, 6.45) is 0. The van der Waals surface area contributed by atoms with Crippen LogP contribution in [0.15, 0.2) is 53.7 Å². The molecule has 0 saturated heterocycles. The van der Waals surface area contributed by atoms with E-state index in [2.05, 4.69) is 10.2 Å².